The Balaban J connectivity index is 2.00. The Labute approximate surface area is 108 Å². The molecule has 1 heterocycles. The van der Waals surface area contributed by atoms with Crippen molar-refractivity contribution >= 4 is 11.6 Å². The van der Waals surface area contributed by atoms with Gasteiger partial charge in [-0.25, -0.2) is 0 Å². The molecule has 3 heteroatoms. The lowest BCUT2D eigenvalue weighted by Gasteiger charge is -2.27. The summed E-state index contributed by atoms with van der Waals surface area (Å²) in [6, 6.07) is 8.51. The van der Waals surface area contributed by atoms with E-state index in [1.165, 1.54) is 12.0 Å². The number of rotatable bonds is 4. The van der Waals surface area contributed by atoms with Gasteiger partial charge in [-0.1, -0.05) is 30.7 Å². The zero-order chi connectivity index (χ0) is 12.3. The molecule has 0 aliphatic carbocycles. The predicted molar refractivity (Wildman–Crippen MR) is 72.7 cm³/mol. The second kappa shape index (κ2) is 5.46. The van der Waals surface area contributed by atoms with Crippen molar-refractivity contribution in [3.63, 3.8) is 0 Å². The van der Waals surface area contributed by atoms with Gasteiger partial charge in [-0.2, -0.15) is 0 Å². The molecule has 1 aromatic rings. The first-order valence-corrected chi connectivity index (χ1v) is 6.52. The molecule has 0 radical (unpaired) electrons. The summed E-state index contributed by atoms with van der Waals surface area (Å²) in [5.41, 5.74) is 1.30. The summed E-state index contributed by atoms with van der Waals surface area (Å²) in [6.07, 6.45) is 5.54. The van der Waals surface area contributed by atoms with Crippen molar-refractivity contribution in [2.75, 3.05) is 13.2 Å². The van der Waals surface area contributed by atoms with Gasteiger partial charge in [0.15, 0.2) is 0 Å². The Morgan fingerprint density at radius 1 is 1.24 bits per heavy atom. The Kier molecular flexibility index (Phi) is 3.95. The van der Waals surface area contributed by atoms with Gasteiger partial charge in [-0.3, -0.25) is 0 Å². The van der Waals surface area contributed by atoms with Crippen LogP contribution in [0.2, 0.25) is 5.02 Å². The van der Waals surface area contributed by atoms with Crippen LogP contribution in [-0.4, -0.2) is 23.0 Å². The maximum absolute atomic E-state index is 5.90. The van der Waals surface area contributed by atoms with E-state index in [0.29, 0.717) is 6.04 Å². The molecule has 1 unspecified atom stereocenters. The third-order valence-corrected chi connectivity index (χ3v) is 3.43. The van der Waals surface area contributed by atoms with Crippen LogP contribution in [0.4, 0.5) is 0 Å². The number of halogens is 1. The van der Waals surface area contributed by atoms with E-state index in [4.69, 9.17) is 11.6 Å². The minimum absolute atomic E-state index is 0.394. The lowest BCUT2D eigenvalue weighted by molar-refractivity contribution is 0.223. The SMILES string of the molecule is CCCN1C=CN(C(C)c2ccc(Cl)cc2)C1. The topological polar surface area (TPSA) is 6.48 Å². The molecule has 17 heavy (non-hydrogen) atoms. The lowest BCUT2D eigenvalue weighted by atomic mass is 10.1. The minimum Gasteiger partial charge on any atom is -0.359 e. The van der Waals surface area contributed by atoms with Gasteiger partial charge in [0.1, 0.15) is 0 Å². The van der Waals surface area contributed by atoms with E-state index in [9.17, 15) is 0 Å². The molecule has 1 atom stereocenters. The highest BCUT2D eigenvalue weighted by atomic mass is 35.5. The molecule has 0 saturated heterocycles. The first-order chi connectivity index (χ1) is 8.20. The van der Waals surface area contributed by atoms with Crippen LogP contribution in [0.5, 0.6) is 0 Å². The van der Waals surface area contributed by atoms with Gasteiger partial charge in [-0.05, 0) is 31.0 Å². The molecule has 0 N–H and O–H groups in total. The fourth-order valence-electron chi connectivity index (χ4n) is 2.10. The third-order valence-electron chi connectivity index (χ3n) is 3.17. The Morgan fingerprint density at radius 3 is 2.59 bits per heavy atom. The standard InChI is InChI=1S/C14H19ClN2/c1-3-8-16-9-10-17(11-16)12(2)13-4-6-14(15)7-5-13/h4-7,9-10,12H,3,8,11H2,1-2H3. The molecular weight excluding hydrogens is 232 g/mol. The Hall–Kier alpha value is -1.15. The van der Waals surface area contributed by atoms with E-state index in [-0.39, 0.29) is 0 Å². The fraction of sp³-hybridized carbons (Fsp3) is 0.429. The van der Waals surface area contributed by atoms with E-state index < -0.39 is 0 Å². The van der Waals surface area contributed by atoms with E-state index in [1.807, 2.05) is 12.1 Å². The molecule has 2 rings (SSSR count). The van der Waals surface area contributed by atoms with Gasteiger partial charge < -0.3 is 9.80 Å². The Morgan fingerprint density at radius 2 is 1.94 bits per heavy atom. The fourth-order valence-corrected chi connectivity index (χ4v) is 2.23. The molecule has 0 spiro atoms. The van der Waals surface area contributed by atoms with E-state index in [1.54, 1.807) is 0 Å². The summed E-state index contributed by atoms with van der Waals surface area (Å²) >= 11 is 5.90. The molecule has 0 fully saturated rings. The van der Waals surface area contributed by atoms with Gasteiger partial charge in [-0.15, -0.1) is 0 Å². The van der Waals surface area contributed by atoms with Crippen molar-refractivity contribution in [1.29, 1.82) is 0 Å². The molecule has 0 amide bonds. The van der Waals surface area contributed by atoms with Crippen LogP contribution >= 0.6 is 11.6 Å². The van der Waals surface area contributed by atoms with Crippen LogP contribution < -0.4 is 0 Å². The van der Waals surface area contributed by atoms with Crippen LogP contribution in [-0.2, 0) is 0 Å². The molecule has 1 aliphatic rings. The van der Waals surface area contributed by atoms with Crippen molar-refractivity contribution in [2.24, 2.45) is 0 Å². The lowest BCUT2D eigenvalue weighted by Crippen LogP contribution is -2.27. The summed E-state index contributed by atoms with van der Waals surface area (Å²) < 4.78 is 0. The average molecular weight is 251 g/mol. The predicted octanol–water partition coefficient (Wildman–Crippen LogP) is 3.86. The maximum Gasteiger partial charge on any atom is 0.0899 e. The quantitative estimate of drug-likeness (QED) is 0.801. The van der Waals surface area contributed by atoms with Crippen molar-refractivity contribution < 1.29 is 0 Å². The van der Waals surface area contributed by atoms with Crippen LogP contribution in [0.3, 0.4) is 0 Å². The van der Waals surface area contributed by atoms with Gasteiger partial charge >= 0.3 is 0 Å². The number of hydrogen-bond acceptors (Lipinski definition) is 2. The third kappa shape index (κ3) is 2.95. The highest BCUT2D eigenvalue weighted by molar-refractivity contribution is 6.30. The monoisotopic (exact) mass is 250 g/mol. The van der Waals surface area contributed by atoms with Gasteiger partial charge in [0.2, 0.25) is 0 Å². The summed E-state index contributed by atoms with van der Waals surface area (Å²) in [4.78, 5) is 4.69. The van der Waals surface area contributed by atoms with E-state index in [2.05, 4.69) is 48.2 Å². The van der Waals surface area contributed by atoms with Crippen molar-refractivity contribution in [2.45, 2.75) is 26.3 Å². The number of benzene rings is 1. The van der Waals surface area contributed by atoms with Crippen molar-refractivity contribution in [3.05, 3.63) is 47.3 Å². The molecule has 0 aromatic heterocycles. The molecule has 92 valence electrons. The maximum atomic E-state index is 5.90. The first-order valence-electron chi connectivity index (χ1n) is 6.14. The Bertz CT molecular complexity index is 386. The molecular formula is C14H19ClN2. The highest BCUT2D eigenvalue weighted by Gasteiger charge is 2.18. The number of hydrogen-bond donors (Lipinski definition) is 0. The average Bonchev–Trinajstić information content (AvgIpc) is 2.78. The van der Waals surface area contributed by atoms with Crippen molar-refractivity contribution in [3.8, 4) is 0 Å². The van der Waals surface area contributed by atoms with Crippen LogP contribution in [0.25, 0.3) is 0 Å². The van der Waals surface area contributed by atoms with E-state index in [0.717, 1.165) is 18.2 Å². The van der Waals surface area contributed by atoms with Gasteiger partial charge in [0.05, 0.1) is 12.7 Å². The minimum atomic E-state index is 0.394. The second-order valence-corrected chi connectivity index (χ2v) is 4.93. The summed E-state index contributed by atoms with van der Waals surface area (Å²) in [5.74, 6) is 0. The highest BCUT2D eigenvalue weighted by Crippen LogP contribution is 2.24. The van der Waals surface area contributed by atoms with Crippen LogP contribution in [0.15, 0.2) is 36.7 Å². The van der Waals surface area contributed by atoms with Crippen LogP contribution in [0, 0.1) is 0 Å². The summed E-state index contributed by atoms with van der Waals surface area (Å²) in [7, 11) is 0. The first kappa shape index (κ1) is 12.3. The zero-order valence-electron chi connectivity index (χ0n) is 10.4. The van der Waals surface area contributed by atoms with Gasteiger partial charge in [0, 0.05) is 24.0 Å². The molecule has 0 saturated carbocycles. The number of nitrogens with zero attached hydrogens (tertiary/aromatic N) is 2. The molecule has 2 nitrogen and oxygen atoms in total. The van der Waals surface area contributed by atoms with Crippen molar-refractivity contribution in [1.82, 2.24) is 9.80 Å². The second-order valence-electron chi connectivity index (χ2n) is 4.49. The molecule has 1 aliphatic heterocycles. The normalized spacial score (nSPS) is 16.6. The largest absolute Gasteiger partial charge is 0.359 e. The van der Waals surface area contributed by atoms with Crippen LogP contribution in [0.1, 0.15) is 31.9 Å². The summed E-state index contributed by atoms with van der Waals surface area (Å²) in [5, 5.41) is 0.797. The molecule has 0 bridgehead atoms. The smallest absolute Gasteiger partial charge is 0.0899 e. The molecule has 1 aromatic carbocycles. The van der Waals surface area contributed by atoms with E-state index >= 15 is 0 Å². The van der Waals surface area contributed by atoms with Gasteiger partial charge in [0.25, 0.3) is 0 Å². The zero-order valence-corrected chi connectivity index (χ0v) is 11.2. The summed E-state index contributed by atoms with van der Waals surface area (Å²) in [6.45, 7) is 6.54.